The molecule has 1 spiro atoms. The van der Waals surface area contributed by atoms with Gasteiger partial charge in [0, 0.05) is 30.5 Å². The lowest BCUT2D eigenvalue weighted by atomic mass is 9.92. The number of benzene rings is 1. The predicted molar refractivity (Wildman–Crippen MR) is 85.0 cm³/mol. The summed E-state index contributed by atoms with van der Waals surface area (Å²) in [5.74, 6) is -0.114. The summed E-state index contributed by atoms with van der Waals surface area (Å²) in [6.07, 6.45) is 0.876. The summed E-state index contributed by atoms with van der Waals surface area (Å²) in [5.41, 5.74) is 1.47. The fraction of sp³-hybridized carbons (Fsp3) is 0.375. The average Bonchev–Trinajstić information content (AvgIpc) is 3.15. The molecular formula is C16H17N3O2S. The number of ether oxygens (including phenoxy) is 1. The van der Waals surface area contributed by atoms with Crippen molar-refractivity contribution in [3.63, 3.8) is 0 Å². The lowest BCUT2D eigenvalue weighted by Gasteiger charge is -2.38. The first-order chi connectivity index (χ1) is 10.7. The van der Waals surface area contributed by atoms with Crippen LogP contribution in [-0.4, -0.2) is 42.2 Å². The van der Waals surface area contributed by atoms with Crippen LogP contribution in [0.5, 0.6) is 0 Å². The fourth-order valence-electron chi connectivity index (χ4n) is 2.94. The van der Waals surface area contributed by atoms with Gasteiger partial charge in [-0.15, -0.1) is 11.3 Å². The zero-order valence-electron chi connectivity index (χ0n) is 12.0. The van der Waals surface area contributed by atoms with Gasteiger partial charge in [0.2, 0.25) is 0 Å². The molecule has 22 heavy (non-hydrogen) atoms. The third-order valence-corrected chi connectivity index (χ3v) is 5.09. The summed E-state index contributed by atoms with van der Waals surface area (Å²) in [7, 11) is 0. The quantitative estimate of drug-likeness (QED) is 0.904. The second-order valence-electron chi connectivity index (χ2n) is 5.88. The monoisotopic (exact) mass is 315 g/mol. The van der Waals surface area contributed by atoms with E-state index in [9.17, 15) is 4.79 Å². The molecule has 0 bridgehead atoms. The largest absolute Gasteiger partial charge is 0.370 e. The maximum absolute atomic E-state index is 12.3. The minimum atomic E-state index is -0.114. The van der Waals surface area contributed by atoms with E-state index in [0.29, 0.717) is 12.3 Å². The lowest BCUT2D eigenvalue weighted by Crippen LogP contribution is -2.59. The summed E-state index contributed by atoms with van der Waals surface area (Å²) in [6.45, 7) is 2.35. The molecule has 0 saturated carbocycles. The number of hydrogen-bond donors (Lipinski definition) is 2. The Morgan fingerprint density at radius 3 is 2.86 bits per heavy atom. The smallest absolute Gasteiger partial charge is 0.271 e. The van der Waals surface area contributed by atoms with Gasteiger partial charge in [-0.05, 0) is 0 Å². The van der Waals surface area contributed by atoms with Crippen LogP contribution in [0, 0.1) is 0 Å². The third kappa shape index (κ3) is 2.54. The minimum Gasteiger partial charge on any atom is -0.370 e. The van der Waals surface area contributed by atoms with Gasteiger partial charge in [0.15, 0.2) is 0 Å². The van der Waals surface area contributed by atoms with Crippen LogP contribution in [0.4, 0.5) is 0 Å². The Hall–Kier alpha value is -1.76. The van der Waals surface area contributed by atoms with Gasteiger partial charge in [0.05, 0.1) is 18.2 Å². The van der Waals surface area contributed by atoms with Gasteiger partial charge in [-0.3, -0.25) is 4.79 Å². The molecule has 4 rings (SSSR count). The molecule has 1 unspecified atom stereocenters. The van der Waals surface area contributed by atoms with Crippen molar-refractivity contribution in [3.8, 4) is 10.6 Å². The standard InChI is InChI=1S/C16H17N3O2S/c20-14(18-12-6-16(21-7-12)9-17-10-16)13-8-22-15(19-13)11-4-2-1-3-5-11/h1-5,8,12,17H,6-7,9-10H2,(H,18,20). The summed E-state index contributed by atoms with van der Waals surface area (Å²) in [6, 6.07) is 9.99. The van der Waals surface area contributed by atoms with E-state index >= 15 is 0 Å². The topological polar surface area (TPSA) is 63.2 Å². The first-order valence-corrected chi connectivity index (χ1v) is 8.29. The van der Waals surface area contributed by atoms with E-state index in [2.05, 4.69) is 15.6 Å². The van der Waals surface area contributed by atoms with Crippen LogP contribution in [0.25, 0.3) is 10.6 Å². The highest BCUT2D eigenvalue weighted by atomic mass is 32.1. The molecule has 2 saturated heterocycles. The van der Waals surface area contributed by atoms with Crippen molar-refractivity contribution in [3.05, 3.63) is 41.4 Å². The number of amides is 1. The minimum absolute atomic E-state index is 0.0464. The van der Waals surface area contributed by atoms with E-state index in [4.69, 9.17) is 4.74 Å². The molecule has 3 heterocycles. The molecular weight excluding hydrogens is 298 g/mol. The highest BCUT2D eigenvalue weighted by Gasteiger charge is 2.45. The van der Waals surface area contributed by atoms with E-state index in [1.165, 1.54) is 11.3 Å². The van der Waals surface area contributed by atoms with Gasteiger partial charge in [-0.1, -0.05) is 30.3 Å². The number of thiazole rings is 1. The van der Waals surface area contributed by atoms with Crippen molar-refractivity contribution in [2.75, 3.05) is 19.7 Å². The zero-order chi connectivity index (χ0) is 15.0. The van der Waals surface area contributed by atoms with Gasteiger partial charge in [0.1, 0.15) is 10.7 Å². The highest BCUT2D eigenvalue weighted by Crippen LogP contribution is 2.29. The number of aromatic nitrogens is 1. The van der Waals surface area contributed by atoms with Crippen LogP contribution in [-0.2, 0) is 4.74 Å². The lowest BCUT2D eigenvalue weighted by molar-refractivity contribution is -0.0360. The van der Waals surface area contributed by atoms with Crippen LogP contribution in [0.3, 0.4) is 0 Å². The van der Waals surface area contributed by atoms with Crippen LogP contribution in [0.15, 0.2) is 35.7 Å². The number of rotatable bonds is 3. The number of hydrogen-bond acceptors (Lipinski definition) is 5. The molecule has 2 aromatic rings. The Morgan fingerprint density at radius 2 is 2.18 bits per heavy atom. The van der Waals surface area contributed by atoms with Crippen LogP contribution >= 0.6 is 11.3 Å². The maximum atomic E-state index is 12.3. The van der Waals surface area contributed by atoms with Crippen LogP contribution in [0.1, 0.15) is 16.9 Å². The molecule has 6 heteroatoms. The Bertz CT molecular complexity index is 682. The summed E-state index contributed by atoms with van der Waals surface area (Å²) >= 11 is 1.49. The number of carbonyl (C=O) groups excluding carboxylic acids is 1. The number of nitrogens with zero attached hydrogens (tertiary/aromatic N) is 1. The molecule has 2 N–H and O–H groups in total. The van der Waals surface area contributed by atoms with Gasteiger partial charge in [-0.2, -0.15) is 0 Å². The van der Waals surface area contributed by atoms with Crippen molar-refractivity contribution >= 4 is 17.2 Å². The molecule has 1 aromatic carbocycles. The van der Waals surface area contributed by atoms with Crippen molar-refractivity contribution in [2.24, 2.45) is 0 Å². The van der Waals surface area contributed by atoms with Gasteiger partial charge < -0.3 is 15.4 Å². The van der Waals surface area contributed by atoms with E-state index in [0.717, 1.165) is 30.1 Å². The Kier molecular flexibility index (Phi) is 3.44. The molecule has 5 nitrogen and oxygen atoms in total. The second-order valence-corrected chi connectivity index (χ2v) is 6.73. The van der Waals surface area contributed by atoms with Crippen molar-refractivity contribution in [1.82, 2.24) is 15.6 Å². The highest BCUT2D eigenvalue weighted by molar-refractivity contribution is 7.13. The first-order valence-electron chi connectivity index (χ1n) is 7.41. The van der Waals surface area contributed by atoms with E-state index < -0.39 is 0 Å². The molecule has 0 aliphatic carbocycles. The summed E-state index contributed by atoms with van der Waals surface area (Å²) < 4.78 is 5.81. The number of nitrogens with one attached hydrogen (secondary N) is 2. The molecule has 2 fully saturated rings. The molecule has 1 atom stereocenters. The van der Waals surface area contributed by atoms with Gasteiger partial charge in [0.25, 0.3) is 5.91 Å². The Balaban J connectivity index is 1.42. The molecule has 2 aliphatic rings. The van der Waals surface area contributed by atoms with Crippen molar-refractivity contribution in [1.29, 1.82) is 0 Å². The molecule has 1 amide bonds. The van der Waals surface area contributed by atoms with Gasteiger partial charge >= 0.3 is 0 Å². The summed E-state index contributed by atoms with van der Waals surface area (Å²) in [5, 5.41) is 8.94. The molecule has 114 valence electrons. The molecule has 2 aliphatic heterocycles. The van der Waals surface area contributed by atoms with Crippen LogP contribution in [0.2, 0.25) is 0 Å². The van der Waals surface area contributed by atoms with E-state index in [-0.39, 0.29) is 17.6 Å². The number of carbonyl (C=O) groups is 1. The van der Waals surface area contributed by atoms with E-state index in [1.54, 1.807) is 0 Å². The SMILES string of the molecule is O=C(NC1COC2(CNC2)C1)c1csc(-c2ccccc2)n1. The normalized spacial score (nSPS) is 22.5. The third-order valence-electron chi connectivity index (χ3n) is 4.20. The summed E-state index contributed by atoms with van der Waals surface area (Å²) in [4.78, 5) is 16.8. The van der Waals surface area contributed by atoms with Crippen molar-refractivity contribution in [2.45, 2.75) is 18.1 Å². The van der Waals surface area contributed by atoms with Crippen molar-refractivity contribution < 1.29 is 9.53 Å². The zero-order valence-corrected chi connectivity index (χ0v) is 12.9. The molecule has 1 aromatic heterocycles. The fourth-order valence-corrected chi connectivity index (χ4v) is 3.74. The first kappa shape index (κ1) is 13.9. The Labute approximate surface area is 132 Å². The van der Waals surface area contributed by atoms with Crippen LogP contribution < -0.4 is 10.6 Å². The van der Waals surface area contributed by atoms with Gasteiger partial charge in [-0.25, -0.2) is 4.98 Å². The second kappa shape index (κ2) is 5.46. The average molecular weight is 315 g/mol. The van der Waals surface area contributed by atoms with E-state index in [1.807, 2.05) is 35.7 Å². The Morgan fingerprint density at radius 1 is 1.36 bits per heavy atom. The maximum Gasteiger partial charge on any atom is 0.271 e. The predicted octanol–water partition coefficient (Wildman–Crippen LogP) is 1.67. The molecule has 0 radical (unpaired) electrons.